The molecule has 18 heavy (non-hydrogen) atoms. The Balaban J connectivity index is 1.67. The van der Waals surface area contributed by atoms with Gasteiger partial charge in [-0.25, -0.2) is 9.97 Å². The van der Waals surface area contributed by atoms with Gasteiger partial charge < -0.3 is 10.2 Å². The highest BCUT2D eigenvalue weighted by molar-refractivity contribution is 6.28. The van der Waals surface area contributed by atoms with Crippen molar-refractivity contribution in [1.29, 1.82) is 0 Å². The van der Waals surface area contributed by atoms with Gasteiger partial charge in [-0.05, 0) is 50.8 Å². The van der Waals surface area contributed by atoms with Gasteiger partial charge >= 0.3 is 0 Å². The van der Waals surface area contributed by atoms with E-state index in [1.54, 1.807) is 6.20 Å². The lowest BCUT2D eigenvalue weighted by atomic mass is 9.97. The molecule has 4 nitrogen and oxygen atoms in total. The van der Waals surface area contributed by atoms with Gasteiger partial charge in [0, 0.05) is 30.4 Å². The topological polar surface area (TPSA) is 41.1 Å². The maximum Gasteiger partial charge on any atom is 0.224 e. The third-order valence-electron chi connectivity index (χ3n) is 4.10. The molecule has 2 aliphatic rings. The van der Waals surface area contributed by atoms with Crippen LogP contribution in [0.5, 0.6) is 0 Å². The van der Waals surface area contributed by atoms with Gasteiger partial charge in [0.25, 0.3) is 0 Å². The Bertz CT molecular complexity index is 437. The first-order valence-corrected chi connectivity index (χ1v) is 7.10. The van der Waals surface area contributed by atoms with E-state index in [4.69, 9.17) is 11.6 Å². The minimum Gasteiger partial charge on any atom is -0.367 e. The van der Waals surface area contributed by atoms with Crippen molar-refractivity contribution in [3.63, 3.8) is 0 Å². The van der Waals surface area contributed by atoms with Crippen LogP contribution in [0.15, 0.2) is 6.20 Å². The molecule has 2 saturated heterocycles. The fourth-order valence-electron chi connectivity index (χ4n) is 3.12. The third kappa shape index (κ3) is 2.45. The second-order valence-corrected chi connectivity index (χ2v) is 5.71. The molecule has 1 aromatic heterocycles. The first kappa shape index (κ1) is 12.2. The highest BCUT2D eigenvalue weighted by Crippen LogP contribution is 2.28. The van der Waals surface area contributed by atoms with E-state index in [2.05, 4.69) is 20.2 Å². The summed E-state index contributed by atoms with van der Waals surface area (Å²) >= 11 is 5.85. The van der Waals surface area contributed by atoms with Crippen molar-refractivity contribution in [2.75, 3.05) is 18.4 Å². The third-order valence-corrected chi connectivity index (χ3v) is 4.29. The molecule has 3 heterocycles. The van der Waals surface area contributed by atoms with E-state index < -0.39 is 0 Å². The molecule has 0 spiro atoms. The van der Waals surface area contributed by atoms with Crippen LogP contribution in [0.25, 0.3) is 0 Å². The molecule has 0 aromatic carbocycles. The number of rotatable bonds is 2. The molecule has 1 N–H and O–H groups in total. The summed E-state index contributed by atoms with van der Waals surface area (Å²) in [4.78, 5) is 10.9. The van der Waals surface area contributed by atoms with E-state index >= 15 is 0 Å². The molecule has 3 rings (SSSR count). The fraction of sp³-hybridized carbons (Fsp3) is 0.692. The van der Waals surface area contributed by atoms with Crippen molar-refractivity contribution in [2.45, 2.75) is 44.7 Å². The summed E-state index contributed by atoms with van der Waals surface area (Å²) in [6, 6.07) is 1.29. The summed E-state index contributed by atoms with van der Waals surface area (Å²) in [6.45, 7) is 4.51. The molecule has 98 valence electrons. The van der Waals surface area contributed by atoms with Gasteiger partial charge in [-0.3, -0.25) is 0 Å². The summed E-state index contributed by atoms with van der Waals surface area (Å²) in [5.41, 5.74) is 1.06. The molecule has 0 radical (unpaired) electrons. The molecular weight excluding hydrogens is 248 g/mol. The Hall–Kier alpha value is -0.870. The van der Waals surface area contributed by atoms with Gasteiger partial charge in [-0.1, -0.05) is 0 Å². The Morgan fingerprint density at radius 2 is 2.28 bits per heavy atom. The maximum absolute atomic E-state index is 5.85. The molecule has 1 aromatic rings. The van der Waals surface area contributed by atoms with Crippen LogP contribution < -0.4 is 5.32 Å². The van der Waals surface area contributed by atoms with Crippen LogP contribution in [-0.2, 0) is 0 Å². The van der Waals surface area contributed by atoms with Gasteiger partial charge in [0.15, 0.2) is 0 Å². The van der Waals surface area contributed by atoms with Crippen molar-refractivity contribution < 1.29 is 0 Å². The first-order valence-electron chi connectivity index (χ1n) is 6.72. The molecule has 0 aliphatic carbocycles. The molecule has 0 saturated carbocycles. The molecule has 2 fully saturated rings. The van der Waals surface area contributed by atoms with E-state index in [9.17, 15) is 0 Å². The number of anilines is 1. The van der Waals surface area contributed by atoms with E-state index in [1.807, 2.05) is 6.92 Å². The molecule has 2 unspecified atom stereocenters. The SMILES string of the molecule is Cc1cnc(Cl)nc1NC1CCN2CCCC2C1. The summed E-state index contributed by atoms with van der Waals surface area (Å²) in [6.07, 6.45) is 6.90. The fourth-order valence-corrected chi connectivity index (χ4v) is 3.25. The van der Waals surface area contributed by atoms with Crippen molar-refractivity contribution in [1.82, 2.24) is 14.9 Å². The zero-order valence-corrected chi connectivity index (χ0v) is 11.5. The van der Waals surface area contributed by atoms with Gasteiger partial charge in [-0.15, -0.1) is 0 Å². The molecule has 0 amide bonds. The van der Waals surface area contributed by atoms with Crippen LogP contribution in [0.2, 0.25) is 5.28 Å². The first-order chi connectivity index (χ1) is 8.72. The lowest BCUT2D eigenvalue weighted by molar-refractivity contribution is 0.188. The molecular formula is C13H19ClN4. The van der Waals surface area contributed by atoms with Crippen LogP contribution in [0, 0.1) is 6.92 Å². The Morgan fingerprint density at radius 3 is 3.17 bits per heavy atom. The molecule has 0 bridgehead atoms. The standard InChI is InChI=1S/C13H19ClN4/c1-9-8-15-13(14)17-12(9)16-10-4-6-18-5-2-3-11(18)7-10/h8,10-11H,2-7H2,1H3,(H,15,16,17). The summed E-state index contributed by atoms with van der Waals surface area (Å²) in [5.74, 6) is 0.895. The maximum atomic E-state index is 5.85. The number of hydrogen-bond acceptors (Lipinski definition) is 4. The van der Waals surface area contributed by atoms with E-state index in [1.165, 1.54) is 38.8 Å². The quantitative estimate of drug-likeness (QED) is 0.835. The highest BCUT2D eigenvalue weighted by Gasteiger charge is 2.31. The smallest absolute Gasteiger partial charge is 0.224 e. The zero-order chi connectivity index (χ0) is 12.5. The highest BCUT2D eigenvalue weighted by atomic mass is 35.5. The van der Waals surface area contributed by atoms with Crippen LogP contribution >= 0.6 is 11.6 Å². The normalized spacial score (nSPS) is 28.1. The largest absolute Gasteiger partial charge is 0.367 e. The number of piperidine rings is 1. The Morgan fingerprint density at radius 1 is 1.39 bits per heavy atom. The molecule has 2 aliphatic heterocycles. The summed E-state index contributed by atoms with van der Waals surface area (Å²) in [7, 11) is 0. The number of halogens is 1. The van der Waals surface area contributed by atoms with Gasteiger partial charge in [0.2, 0.25) is 5.28 Å². The second-order valence-electron chi connectivity index (χ2n) is 5.37. The lowest BCUT2D eigenvalue weighted by Gasteiger charge is -2.35. The zero-order valence-electron chi connectivity index (χ0n) is 10.7. The van der Waals surface area contributed by atoms with Crippen LogP contribution in [-0.4, -0.2) is 40.0 Å². The number of nitrogens with one attached hydrogen (secondary N) is 1. The van der Waals surface area contributed by atoms with Crippen molar-refractivity contribution in [2.24, 2.45) is 0 Å². The van der Waals surface area contributed by atoms with E-state index in [-0.39, 0.29) is 0 Å². The summed E-state index contributed by atoms with van der Waals surface area (Å²) in [5, 5.41) is 3.86. The van der Waals surface area contributed by atoms with Crippen molar-refractivity contribution in [3.8, 4) is 0 Å². The Labute approximate surface area is 113 Å². The molecule has 2 atom stereocenters. The van der Waals surface area contributed by atoms with Crippen LogP contribution in [0.1, 0.15) is 31.2 Å². The minimum absolute atomic E-state index is 0.321. The predicted molar refractivity (Wildman–Crippen MR) is 73.0 cm³/mol. The van der Waals surface area contributed by atoms with E-state index in [0.717, 1.165) is 17.4 Å². The van der Waals surface area contributed by atoms with Crippen LogP contribution in [0.3, 0.4) is 0 Å². The average Bonchev–Trinajstić information content (AvgIpc) is 2.81. The number of aryl methyl sites for hydroxylation is 1. The average molecular weight is 267 g/mol. The number of hydrogen-bond donors (Lipinski definition) is 1. The van der Waals surface area contributed by atoms with Gasteiger partial charge in [0.05, 0.1) is 0 Å². The van der Waals surface area contributed by atoms with Crippen molar-refractivity contribution >= 4 is 17.4 Å². The molecule has 5 heteroatoms. The van der Waals surface area contributed by atoms with E-state index in [0.29, 0.717) is 11.3 Å². The van der Waals surface area contributed by atoms with Gasteiger partial charge in [-0.2, -0.15) is 0 Å². The second kappa shape index (κ2) is 5.02. The monoisotopic (exact) mass is 266 g/mol. The van der Waals surface area contributed by atoms with Crippen LogP contribution in [0.4, 0.5) is 5.82 Å². The Kier molecular flexibility index (Phi) is 3.39. The minimum atomic E-state index is 0.321. The summed E-state index contributed by atoms with van der Waals surface area (Å²) < 4.78 is 0. The van der Waals surface area contributed by atoms with Crippen molar-refractivity contribution in [3.05, 3.63) is 17.0 Å². The number of aromatic nitrogens is 2. The predicted octanol–water partition coefficient (Wildman–Crippen LogP) is 2.48. The lowest BCUT2D eigenvalue weighted by Crippen LogP contribution is -2.42. The number of nitrogens with zero attached hydrogens (tertiary/aromatic N) is 3. The van der Waals surface area contributed by atoms with Gasteiger partial charge in [0.1, 0.15) is 5.82 Å². The number of fused-ring (bicyclic) bond motifs is 1.